The SMILES string of the molecule is Cc1nc2c(n1CC1CC1)CN(Cc1cccnc1)CC21CCN(c2ncccn2)CC1.O=C(O)C(F)(F)F.O=C(O)C(F)(F)F.O=C(O)C(F)(F)F. The van der Waals surface area contributed by atoms with Crippen molar-refractivity contribution in [2.75, 3.05) is 24.5 Å². The van der Waals surface area contributed by atoms with Crippen molar-refractivity contribution in [1.29, 1.82) is 0 Å². The number of alkyl halides is 9. The van der Waals surface area contributed by atoms with Gasteiger partial charge in [0.2, 0.25) is 5.95 Å². The molecule has 1 saturated heterocycles. The minimum absolute atomic E-state index is 0.0979. The molecule has 2 aliphatic heterocycles. The molecular formula is C31H34F9N7O6. The number of carboxylic acid groups (broad SMARTS) is 3. The number of hydrogen-bond donors (Lipinski definition) is 3. The molecular weight excluding hydrogens is 737 g/mol. The summed E-state index contributed by atoms with van der Waals surface area (Å²) in [5, 5.41) is 21.4. The zero-order valence-corrected chi connectivity index (χ0v) is 27.8. The number of anilines is 1. The van der Waals surface area contributed by atoms with Crippen LogP contribution in [0.5, 0.6) is 0 Å². The van der Waals surface area contributed by atoms with Gasteiger partial charge in [-0.3, -0.25) is 9.88 Å². The quantitative estimate of drug-likeness (QED) is 0.288. The molecule has 292 valence electrons. The van der Waals surface area contributed by atoms with Crippen molar-refractivity contribution in [3.8, 4) is 0 Å². The summed E-state index contributed by atoms with van der Waals surface area (Å²) in [6, 6.07) is 6.12. The zero-order valence-electron chi connectivity index (χ0n) is 27.8. The summed E-state index contributed by atoms with van der Waals surface area (Å²) >= 11 is 0. The molecule has 6 rings (SSSR count). The van der Waals surface area contributed by atoms with Crippen LogP contribution in [-0.2, 0) is 39.4 Å². The van der Waals surface area contributed by atoms with E-state index in [0.717, 1.165) is 64.0 Å². The van der Waals surface area contributed by atoms with E-state index in [1.165, 1.54) is 35.6 Å². The maximum Gasteiger partial charge on any atom is 0.490 e. The zero-order chi connectivity index (χ0) is 39.8. The molecule has 53 heavy (non-hydrogen) atoms. The Morgan fingerprint density at radius 3 is 1.77 bits per heavy atom. The molecule has 0 bridgehead atoms. The third kappa shape index (κ3) is 12.6. The Hall–Kier alpha value is -5.02. The molecule has 0 amide bonds. The van der Waals surface area contributed by atoms with Crippen LogP contribution in [0.3, 0.4) is 0 Å². The van der Waals surface area contributed by atoms with Crippen molar-refractivity contribution in [3.05, 3.63) is 65.8 Å². The van der Waals surface area contributed by atoms with E-state index in [2.05, 4.69) is 42.3 Å². The second-order valence-corrected chi connectivity index (χ2v) is 12.2. The standard InChI is InChI=1S/C25H31N7.3C2HF3O2/c1-19-29-23-22(32(19)16-20-5-6-20)17-30(15-21-4-2-9-26-14-21)18-25(23)7-12-31(13-8-25)24-27-10-3-11-28-24;3*3-2(4,5)1(6)7/h2-4,9-11,14,20H,5-8,12-13,15-18H2,1H3;3*(H,6,7). The van der Waals surface area contributed by atoms with Crippen LogP contribution in [0, 0.1) is 12.8 Å². The lowest BCUT2D eigenvalue weighted by Gasteiger charge is -2.47. The number of aliphatic carboxylic acids is 3. The number of piperidine rings is 1. The van der Waals surface area contributed by atoms with Gasteiger partial charge in [-0.05, 0) is 56.2 Å². The first-order valence-electron chi connectivity index (χ1n) is 15.6. The number of halogens is 9. The van der Waals surface area contributed by atoms with E-state index in [0.29, 0.717) is 0 Å². The largest absolute Gasteiger partial charge is 0.490 e. The first-order chi connectivity index (χ1) is 24.5. The van der Waals surface area contributed by atoms with Crippen LogP contribution >= 0.6 is 0 Å². The lowest BCUT2D eigenvalue weighted by atomic mass is 9.72. The van der Waals surface area contributed by atoms with E-state index in [1.54, 1.807) is 0 Å². The van der Waals surface area contributed by atoms with Crippen LogP contribution in [0.15, 0.2) is 43.0 Å². The third-order valence-electron chi connectivity index (χ3n) is 8.22. The van der Waals surface area contributed by atoms with Gasteiger partial charge < -0.3 is 24.8 Å². The predicted molar refractivity (Wildman–Crippen MR) is 164 cm³/mol. The Morgan fingerprint density at radius 2 is 1.34 bits per heavy atom. The number of fused-ring (bicyclic) bond motifs is 2. The molecule has 1 saturated carbocycles. The Morgan fingerprint density at radius 1 is 0.830 bits per heavy atom. The molecule has 0 unspecified atom stereocenters. The number of aromatic nitrogens is 5. The predicted octanol–water partition coefficient (Wildman–Crippen LogP) is 5.24. The van der Waals surface area contributed by atoms with Gasteiger partial charge in [-0.15, -0.1) is 0 Å². The fourth-order valence-electron chi connectivity index (χ4n) is 5.61. The van der Waals surface area contributed by atoms with Crippen LogP contribution in [-0.4, -0.2) is 101 Å². The fourth-order valence-corrected chi connectivity index (χ4v) is 5.61. The Balaban J connectivity index is 0.000000296. The van der Waals surface area contributed by atoms with Gasteiger partial charge in [0.05, 0.1) is 11.4 Å². The van der Waals surface area contributed by atoms with Crippen LogP contribution < -0.4 is 4.90 Å². The summed E-state index contributed by atoms with van der Waals surface area (Å²) in [5.41, 5.74) is 4.20. The van der Waals surface area contributed by atoms with Crippen molar-refractivity contribution in [3.63, 3.8) is 0 Å². The lowest BCUT2D eigenvalue weighted by Crippen LogP contribution is -2.52. The Kier molecular flexibility index (Phi) is 13.8. The molecule has 3 N–H and O–H groups in total. The lowest BCUT2D eigenvalue weighted by molar-refractivity contribution is -0.193. The van der Waals surface area contributed by atoms with E-state index in [-0.39, 0.29) is 5.41 Å². The van der Waals surface area contributed by atoms with Gasteiger partial charge in [-0.25, -0.2) is 29.3 Å². The molecule has 3 aromatic heterocycles. The van der Waals surface area contributed by atoms with Gasteiger partial charge in [0.1, 0.15) is 5.82 Å². The third-order valence-corrected chi connectivity index (χ3v) is 8.22. The number of aryl methyl sites for hydroxylation is 1. The molecule has 0 aromatic carbocycles. The average molecular weight is 772 g/mol. The first-order valence-corrected chi connectivity index (χ1v) is 15.6. The van der Waals surface area contributed by atoms with Crippen molar-refractivity contribution >= 4 is 23.9 Å². The summed E-state index contributed by atoms with van der Waals surface area (Å²) in [6.45, 7) is 8.25. The summed E-state index contributed by atoms with van der Waals surface area (Å²) in [7, 11) is 0. The van der Waals surface area contributed by atoms with E-state index in [9.17, 15) is 39.5 Å². The first kappa shape index (κ1) is 42.4. The maximum atomic E-state index is 10.6. The van der Waals surface area contributed by atoms with Gasteiger partial charge in [0, 0.05) is 69.5 Å². The molecule has 3 aliphatic rings. The molecule has 0 radical (unpaired) electrons. The number of pyridine rings is 1. The highest BCUT2D eigenvalue weighted by Crippen LogP contribution is 2.43. The number of hydrogen-bond acceptors (Lipinski definition) is 9. The van der Waals surface area contributed by atoms with E-state index in [1.807, 2.05) is 36.9 Å². The van der Waals surface area contributed by atoms with Crippen molar-refractivity contribution in [1.82, 2.24) is 29.4 Å². The summed E-state index contributed by atoms with van der Waals surface area (Å²) in [5.74, 6) is -5.39. The summed E-state index contributed by atoms with van der Waals surface area (Å²) < 4.78 is 97.7. The van der Waals surface area contributed by atoms with Crippen LogP contribution in [0.25, 0.3) is 0 Å². The fraction of sp³-hybridized carbons (Fsp3) is 0.516. The second kappa shape index (κ2) is 17.2. The molecule has 5 heterocycles. The van der Waals surface area contributed by atoms with Crippen molar-refractivity contribution < 1.29 is 69.2 Å². The van der Waals surface area contributed by atoms with Crippen LogP contribution in [0.4, 0.5) is 45.5 Å². The maximum absolute atomic E-state index is 10.6. The molecule has 22 heteroatoms. The van der Waals surface area contributed by atoms with Crippen LogP contribution in [0.2, 0.25) is 0 Å². The monoisotopic (exact) mass is 771 g/mol. The number of nitrogens with zero attached hydrogens (tertiary/aromatic N) is 7. The van der Waals surface area contributed by atoms with Crippen molar-refractivity contribution in [2.45, 2.75) is 76.2 Å². The second-order valence-electron chi connectivity index (χ2n) is 12.2. The molecule has 1 aliphatic carbocycles. The van der Waals surface area contributed by atoms with Gasteiger partial charge in [0.15, 0.2) is 0 Å². The van der Waals surface area contributed by atoms with Crippen LogP contribution in [0.1, 0.15) is 48.5 Å². The number of carboxylic acids is 3. The van der Waals surface area contributed by atoms with Crippen molar-refractivity contribution in [2.24, 2.45) is 5.92 Å². The van der Waals surface area contributed by atoms with E-state index in [4.69, 9.17) is 34.7 Å². The number of carbonyl (C=O) groups is 3. The normalized spacial score (nSPS) is 16.8. The molecule has 0 atom stereocenters. The highest BCUT2D eigenvalue weighted by atomic mass is 19.4. The van der Waals surface area contributed by atoms with Gasteiger partial charge in [-0.2, -0.15) is 39.5 Å². The minimum Gasteiger partial charge on any atom is -0.475 e. The Labute approximate surface area is 295 Å². The van der Waals surface area contributed by atoms with E-state index < -0.39 is 36.4 Å². The number of imidazole rings is 1. The Bertz CT molecular complexity index is 1620. The van der Waals surface area contributed by atoms with Gasteiger partial charge in [-0.1, -0.05) is 6.07 Å². The smallest absolute Gasteiger partial charge is 0.475 e. The highest BCUT2D eigenvalue weighted by molar-refractivity contribution is 5.73. The van der Waals surface area contributed by atoms with Gasteiger partial charge in [0.25, 0.3) is 0 Å². The molecule has 13 nitrogen and oxygen atoms in total. The molecule has 1 spiro atoms. The highest BCUT2D eigenvalue weighted by Gasteiger charge is 2.46. The minimum atomic E-state index is -5.08. The topological polar surface area (TPSA) is 175 Å². The average Bonchev–Trinajstić information content (AvgIpc) is 3.84. The summed E-state index contributed by atoms with van der Waals surface area (Å²) in [6.07, 6.45) is -2.82. The molecule has 3 aromatic rings. The van der Waals surface area contributed by atoms with Gasteiger partial charge >= 0.3 is 36.4 Å². The van der Waals surface area contributed by atoms with E-state index >= 15 is 0 Å². The molecule has 2 fully saturated rings. The summed E-state index contributed by atoms with van der Waals surface area (Å²) in [4.78, 5) is 50.2. The number of rotatable bonds is 5.